The van der Waals surface area contributed by atoms with Gasteiger partial charge in [0.1, 0.15) is 11.8 Å². The van der Waals surface area contributed by atoms with E-state index in [0.29, 0.717) is 0 Å². The van der Waals surface area contributed by atoms with Crippen molar-refractivity contribution < 1.29 is 19.4 Å². The fourth-order valence-corrected chi connectivity index (χ4v) is 1.82. The highest BCUT2D eigenvalue weighted by Crippen LogP contribution is 2.28. The maximum atomic E-state index is 11.7. The molecule has 0 aliphatic rings. The quantitative estimate of drug-likeness (QED) is 0.822. The molecule has 0 aromatic heterocycles. The van der Waals surface area contributed by atoms with E-state index in [2.05, 4.69) is 5.32 Å². The van der Waals surface area contributed by atoms with Gasteiger partial charge in [0.15, 0.2) is 0 Å². The summed E-state index contributed by atoms with van der Waals surface area (Å²) in [5, 5.41) is 11.2. The Hall–Kier alpha value is -2.04. The molecule has 0 fully saturated rings. The Morgan fingerprint density at radius 1 is 1.32 bits per heavy atom. The van der Waals surface area contributed by atoms with E-state index in [9.17, 15) is 9.59 Å². The number of carbonyl (C=O) groups is 2. The third kappa shape index (κ3) is 4.28. The molecule has 1 amide bonds. The number of aliphatic carboxylic acids is 1. The largest absolute Gasteiger partial charge is 0.496 e. The summed E-state index contributed by atoms with van der Waals surface area (Å²) in [6, 6.07) is 6.60. The second-order valence-corrected chi connectivity index (χ2v) is 4.47. The monoisotopic (exact) mass is 265 g/mol. The minimum absolute atomic E-state index is 0.0443. The molecule has 104 valence electrons. The number of methoxy groups -OCH3 is 1. The van der Waals surface area contributed by atoms with Gasteiger partial charge in [-0.1, -0.05) is 25.1 Å². The van der Waals surface area contributed by atoms with Gasteiger partial charge in [-0.25, -0.2) is 0 Å². The molecule has 0 radical (unpaired) electrons. The molecule has 0 bridgehead atoms. The van der Waals surface area contributed by atoms with Crippen molar-refractivity contribution in [2.45, 2.75) is 32.2 Å². The summed E-state index contributed by atoms with van der Waals surface area (Å²) >= 11 is 0. The van der Waals surface area contributed by atoms with Gasteiger partial charge >= 0.3 is 5.97 Å². The van der Waals surface area contributed by atoms with Crippen molar-refractivity contribution in [1.29, 1.82) is 0 Å². The van der Waals surface area contributed by atoms with Crippen LogP contribution in [0.1, 0.15) is 31.7 Å². The molecule has 0 spiro atoms. The average Bonchev–Trinajstić information content (AvgIpc) is 2.38. The van der Waals surface area contributed by atoms with Gasteiger partial charge in [-0.15, -0.1) is 0 Å². The van der Waals surface area contributed by atoms with Crippen LogP contribution in [0.2, 0.25) is 0 Å². The number of carbonyl (C=O) groups excluding carboxylic acids is 1. The Morgan fingerprint density at radius 2 is 1.95 bits per heavy atom. The molecular weight excluding hydrogens is 246 g/mol. The lowest BCUT2D eigenvalue weighted by Crippen LogP contribution is -2.38. The number of rotatable bonds is 6. The highest BCUT2D eigenvalue weighted by atomic mass is 16.5. The van der Waals surface area contributed by atoms with E-state index in [4.69, 9.17) is 9.84 Å². The predicted molar refractivity (Wildman–Crippen MR) is 71.3 cm³/mol. The first-order chi connectivity index (χ1) is 8.95. The van der Waals surface area contributed by atoms with E-state index >= 15 is 0 Å². The lowest BCUT2D eigenvalue weighted by molar-refractivity contribution is -0.141. The molecule has 5 nitrogen and oxygen atoms in total. The van der Waals surface area contributed by atoms with Gasteiger partial charge in [-0.05, 0) is 24.5 Å². The highest BCUT2D eigenvalue weighted by Gasteiger charge is 2.18. The summed E-state index contributed by atoms with van der Waals surface area (Å²) < 4.78 is 5.24. The van der Waals surface area contributed by atoms with Crippen LogP contribution in [0, 0.1) is 0 Å². The van der Waals surface area contributed by atoms with Gasteiger partial charge in [0, 0.05) is 6.42 Å². The number of para-hydroxylation sites is 1. The van der Waals surface area contributed by atoms with Crippen LogP contribution in [-0.2, 0) is 9.59 Å². The van der Waals surface area contributed by atoms with Crippen molar-refractivity contribution in [1.82, 2.24) is 5.32 Å². The van der Waals surface area contributed by atoms with E-state index in [0.717, 1.165) is 11.3 Å². The van der Waals surface area contributed by atoms with Crippen LogP contribution in [0.3, 0.4) is 0 Å². The van der Waals surface area contributed by atoms with Crippen molar-refractivity contribution in [2.24, 2.45) is 0 Å². The van der Waals surface area contributed by atoms with Crippen molar-refractivity contribution in [3.8, 4) is 5.75 Å². The summed E-state index contributed by atoms with van der Waals surface area (Å²) in [4.78, 5) is 22.4. The standard InChI is InChI=1S/C14H19NO4/c1-9(8-13(16)15-10(2)14(17)18)11-6-4-5-7-12(11)19-3/h4-7,9-10H,8H2,1-3H3,(H,15,16)(H,17,18). The summed E-state index contributed by atoms with van der Waals surface area (Å²) in [5.41, 5.74) is 0.933. The predicted octanol–water partition coefficient (Wildman–Crippen LogP) is 1.78. The highest BCUT2D eigenvalue weighted by molar-refractivity contribution is 5.83. The van der Waals surface area contributed by atoms with Crippen molar-refractivity contribution in [3.05, 3.63) is 29.8 Å². The Morgan fingerprint density at radius 3 is 2.53 bits per heavy atom. The zero-order valence-electron chi connectivity index (χ0n) is 11.3. The molecule has 19 heavy (non-hydrogen) atoms. The summed E-state index contributed by atoms with van der Waals surface area (Å²) in [6.45, 7) is 3.34. The summed E-state index contributed by atoms with van der Waals surface area (Å²) in [6.07, 6.45) is 0.220. The molecule has 1 aromatic carbocycles. The number of hydrogen-bond donors (Lipinski definition) is 2. The second kappa shape index (κ2) is 6.78. The molecule has 0 heterocycles. The molecule has 2 atom stereocenters. The van der Waals surface area contributed by atoms with Gasteiger partial charge in [-0.2, -0.15) is 0 Å². The van der Waals surface area contributed by atoms with E-state index in [1.807, 2.05) is 31.2 Å². The van der Waals surface area contributed by atoms with E-state index in [1.54, 1.807) is 7.11 Å². The van der Waals surface area contributed by atoms with Gasteiger partial charge in [-0.3, -0.25) is 9.59 Å². The normalized spacial score (nSPS) is 13.4. The van der Waals surface area contributed by atoms with Gasteiger partial charge in [0.25, 0.3) is 0 Å². The number of benzene rings is 1. The van der Waals surface area contributed by atoms with Crippen molar-refractivity contribution in [2.75, 3.05) is 7.11 Å². The molecule has 0 saturated carbocycles. The maximum absolute atomic E-state index is 11.7. The minimum atomic E-state index is -1.04. The van der Waals surface area contributed by atoms with Crippen molar-refractivity contribution in [3.63, 3.8) is 0 Å². The third-order valence-corrected chi connectivity index (χ3v) is 2.91. The number of hydrogen-bond acceptors (Lipinski definition) is 3. The van der Waals surface area contributed by atoms with Crippen LogP contribution in [0.5, 0.6) is 5.75 Å². The molecule has 2 N–H and O–H groups in total. The van der Waals surface area contributed by atoms with Crippen LogP contribution in [0.4, 0.5) is 0 Å². The van der Waals surface area contributed by atoms with E-state index in [-0.39, 0.29) is 18.2 Å². The molecule has 1 rings (SSSR count). The number of carboxylic acids is 1. The lowest BCUT2D eigenvalue weighted by atomic mass is 9.96. The first-order valence-corrected chi connectivity index (χ1v) is 6.10. The van der Waals surface area contributed by atoms with E-state index in [1.165, 1.54) is 6.92 Å². The van der Waals surface area contributed by atoms with Crippen LogP contribution >= 0.6 is 0 Å². The smallest absolute Gasteiger partial charge is 0.325 e. The summed E-state index contributed by atoms with van der Waals surface area (Å²) in [7, 11) is 1.58. The Bertz CT molecular complexity index is 459. The van der Waals surface area contributed by atoms with Crippen LogP contribution in [0.25, 0.3) is 0 Å². The molecule has 0 saturated heterocycles. The fraction of sp³-hybridized carbons (Fsp3) is 0.429. The Kier molecular flexibility index (Phi) is 5.36. The number of ether oxygens (including phenoxy) is 1. The Labute approximate surface area is 112 Å². The first kappa shape index (κ1) is 15.0. The fourth-order valence-electron chi connectivity index (χ4n) is 1.82. The lowest BCUT2D eigenvalue weighted by Gasteiger charge is -2.16. The number of amides is 1. The summed E-state index contributed by atoms with van der Waals surface area (Å²) in [5.74, 6) is -0.641. The SMILES string of the molecule is COc1ccccc1C(C)CC(=O)NC(C)C(=O)O. The molecule has 0 aliphatic heterocycles. The zero-order valence-corrected chi connectivity index (χ0v) is 11.3. The van der Waals surface area contributed by atoms with Gasteiger partial charge in [0.05, 0.1) is 7.11 Å². The third-order valence-electron chi connectivity index (χ3n) is 2.91. The van der Waals surface area contributed by atoms with Crippen LogP contribution < -0.4 is 10.1 Å². The number of nitrogens with one attached hydrogen (secondary N) is 1. The van der Waals surface area contributed by atoms with Crippen LogP contribution in [-0.4, -0.2) is 30.1 Å². The second-order valence-electron chi connectivity index (χ2n) is 4.47. The Balaban J connectivity index is 2.66. The maximum Gasteiger partial charge on any atom is 0.325 e. The van der Waals surface area contributed by atoms with Gasteiger partial charge in [0.2, 0.25) is 5.91 Å². The molecule has 2 unspecified atom stereocenters. The van der Waals surface area contributed by atoms with Crippen molar-refractivity contribution >= 4 is 11.9 Å². The average molecular weight is 265 g/mol. The first-order valence-electron chi connectivity index (χ1n) is 6.10. The minimum Gasteiger partial charge on any atom is -0.496 e. The van der Waals surface area contributed by atoms with E-state index < -0.39 is 12.0 Å². The number of carboxylic acid groups (broad SMARTS) is 1. The molecular formula is C14H19NO4. The van der Waals surface area contributed by atoms with Gasteiger partial charge < -0.3 is 15.2 Å². The molecule has 0 aliphatic carbocycles. The molecule has 5 heteroatoms. The zero-order chi connectivity index (χ0) is 14.4. The van der Waals surface area contributed by atoms with Crippen LogP contribution in [0.15, 0.2) is 24.3 Å². The molecule has 1 aromatic rings. The topological polar surface area (TPSA) is 75.6 Å².